The van der Waals surface area contributed by atoms with Gasteiger partial charge in [-0.15, -0.1) is 0 Å². The Balaban J connectivity index is 2.35. The molecular weight excluding hydrogens is 388 g/mol. The molecule has 0 aromatic heterocycles. The molecule has 0 aliphatic rings. The molecule has 2 aromatic carbocycles. The van der Waals surface area contributed by atoms with Crippen LogP contribution in [0.2, 0.25) is 0 Å². The van der Waals surface area contributed by atoms with Gasteiger partial charge in [-0.1, -0.05) is 24.3 Å². The van der Waals surface area contributed by atoms with Crippen molar-refractivity contribution in [3.63, 3.8) is 0 Å². The predicted molar refractivity (Wildman–Crippen MR) is 106 cm³/mol. The molecule has 0 saturated carbocycles. The number of rotatable bonds is 6. The van der Waals surface area contributed by atoms with E-state index >= 15 is 0 Å². The Morgan fingerprint density at radius 3 is 1.11 bits per heavy atom. The second kappa shape index (κ2) is 7.52. The molecule has 0 atom stereocenters. The highest BCUT2D eigenvalue weighted by Gasteiger charge is 2.15. The summed E-state index contributed by atoms with van der Waals surface area (Å²) in [5.74, 6) is 0.705. The van der Waals surface area contributed by atoms with Gasteiger partial charge in [0.2, 0.25) is 0 Å². The molecule has 0 amide bonds. The van der Waals surface area contributed by atoms with Crippen molar-refractivity contribution in [1.29, 1.82) is 0 Å². The van der Waals surface area contributed by atoms with Crippen molar-refractivity contribution in [1.82, 2.24) is 0 Å². The predicted octanol–water partition coefficient (Wildman–Crippen LogP) is 3.19. The van der Waals surface area contributed by atoms with Crippen LogP contribution in [-0.2, 0) is 26.7 Å². The van der Waals surface area contributed by atoms with Gasteiger partial charge in [0.15, 0.2) is 0 Å². The normalized spacial score (nSPS) is 12.1. The van der Waals surface area contributed by atoms with Crippen LogP contribution in [0.15, 0.2) is 24.3 Å². The first-order valence-corrected chi connectivity index (χ1v) is 11.9. The minimum atomic E-state index is -3.59. The molecule has 0 fully saturated rings. The summed E-state index contributed by atoms with van der Waals surface area (Å²) in [7, 11) is -7.18. The molecule has 6 nitrogen and oxygen atoms in total. The number of benzene rings is 2. The fraction of sp³-hybridized carbons (Fsp3) is 0.368. The molecule has 0 N–H and O–H groups in total. The van der Waals surface area contributed by atoms with E-state index in [1.165, 1.54) is 0 Å². The molecule has 27 heavy (non-hydrogen) atoms. The lowest BCUT2D eigenvalue weighted by molar-refractivity contribution is 0.487. The summed E-state index contributed by atoms with van der Waals surface area (Å²) in [6.07, 6.45) is 2.65. The molecule has 0 bridgehead atoms. The third kappa shape index (κ3) is 5.97. The first-order chi connectivity index (χ1) is 12.2. The van der Waals surface area contributed by atoms with Crippen LogP contribution in [0.4, 0.5) is 0 Å². The molecule has 0 aliphatic carbocycles. The van der Waals surface area contributed by atoms with E-state index in [1.54, 1.807) is 27.7 Å². The first kappa shape index (κ1) is 21.2. The van der Waals surface area contributed by atoms with Gasteiger partial charge in [0.05, 0.1) is 12.5 Å². The third-order valence-electron chi connectivity index (χ3n) is 3.92. The Morgan fingerprint density at radius 1 is 0.630 bits per heavy atom. The fourth-order valence-electron chi connectivity index (χ4n) is 3.09. The van der Waals surface area contributed by atoms with Gasteiger partial charge in [0.25, 0.3) is 0 Å². The van der Waals surface area contributed by atoms with Crippen molar-refractivity contribution in [3.8, 4) is 11.5 Å². The average Bonchev–Trinajstić information content (AvgIpc) is 2.45. The highest BCUT2D eigenvalue weighted by Crippen LogP contribution is 2.30. The number of hydrogen-bond acceptors (Lipinski definition) is 6. The monoisotopic (exact) mass is 412 g/mol. The second-order valence-electron chi connectivity index (χ2n) is 6.87. The maximum absolute atomic E-state index is 11.4. The van der Waals surface area contributed by atoms with E-state index < -0.39 is 20.2 Å². The zero-order chi connectivity index (χ0) is 20.6. The molecule has 0 heterocycles. The van der Waals surface area contributed by atoms with E-state index in [0.717, 1.165) is 45.9 Å². The van der Waals surface area contributed by atoms with Crippen molar-refractivity contribution in [3.05, 3.63) is 57.6 Å². The Morgan fingerprint density at radius 2 is 0.889 bits per heavy atom. The Bertz CT molecular complexity index is 950. The quantitative estimate of drug-likeness (QED) is 0.677. The SMILES string of the molecule is Cc1cc(Cc2cc(C)c(OS(C)(=O)=O)c(C)c2)cc(C)c1OS(C)(=O)=O. The molecule has 0 unspecified atom stereocenters. The van der Waals surface area contributed by atoms with Gasteiger partial charge in [-0.2, -0.15) is 16.8 Å². The molecule has 8 heteroatoms. The second-order valence-corrected chi connectivity index (χ2v) is 10.0. The minimum absolute atomic E-state index is 0.352. The highest BCUT2D eigenvalue weighted by molar-refractivity contribution is 7.86. The van der Waals surface area contributed by atoms with Crippen LogP contribution in [0.1, 0.15) is 33.4 Å². The Kier molecular flexibility index (Phi) is 5.91. The molecule has 0 aliphatic heterocycles. The highest BCUT2D eigenvalue weighted by atomic mass is 32.2. The lowest BCUT2D eigenvalue weighted by atomic mass is 9.97. The van der Waals surface area contributed by atoms with Crippen LogP contribution in [0.5, 0.6) is 11.5 Å². The van der Waals surface area contributed by atoms with Gasteiger partial charge in [-0.05, 0) is 67.5 Å². The van der Waals surface area contributed by atoms with E-state index in [-0.39, 0.29) is 0 Å². The smallest absolute Gasteiger partial charge is 0.306 e. The zero-order valence-corrected chi connectivity index (χ0v) is 17.9. The zero-order valence-electron chi connectivity index (χ0n) is 16.3. The summed E-state index contributed by atoms with van der Waals surface area (Å²) < 4.78 is 55.8. The van der Waals surface area contributed by atoms with E-state index in [9.17, 15) is 16.8 Å². The topological polar surface area (TPSA) is 86.7 Å². The standard InChI is InChI=1S/C19H24O6S2/c1-12-7-16(8-13(2)18(12)24-26(5,20)21)11-17-9-14(3)19(15(4)10-17)25-27(6,22)23/h7-10H,11H2,1-6H3. The van der Waals surface area contributed by atoms with Crippen molar-refractivity contribution in [2.75, 3.05) is 12.5 Å². The summed E-state index contributed by atoms with van der Waals surface area (Å²) in [5.41, 5.74) is 4.95. The van der Waals surface area contributed by atoms with Gasteiger partial charge in [-0.25, -0.2) is 0 Å². The fourth-order valence-corrected chi connectivity index (χ4v) is 4.22. The van der Waals surface area contributed by atoms with Gasteiger partial charge in [-0.3, -0.25) is 0 Å². The minimum Gasteiger partial charge on any atom is -0.382 e. The maximum Gasteiger partial charge on any atom is 0.306 e. The van der Waals surface area contributed by atoms with E-state index in [4.69, 9.17) is 8.37 Å². The van der Waals surface area contributed by atoms with Gasteiger partial charge >= 0.3 is 20.2 Å². The maximum atomic E-state index is 11.4. The molecule has 0 radical (unpaired) electrons. The Hall–Kier alpha value is -2.06. The van der Waals surface area contributed by atoms with Crippen LogP contribution in [-0.4, -0.2) is 29.3 Å². The largest absolute Gasteiger partial charge is 0.382 e. The van der Waals surface area contributed by atoms with Gasteiger partial charge in [0.1, 0.15) is 11.5 Å². The molecule has 0 spiro atoms. The van der Waals surface area contributed by atoms with E-state index in [2.05, 4.69) is 0 Å². The van der Waals surface area contributed by atoms with Crippen molar-refractivity contribution in [2.45, 2.75) is 34.1 Å². The number of aryl methyl sites for hydroxylation is 4. The third-order valence-corrected chi connectivity index (χ3v) is 4.86. The molecule has 0 saturated heterocycles. The molecule has 148 valence electrons. The molecule has 2 rings (SSSR count). The van der Waals surface area contributed by atoms with Gasteiger partial charge in [0, 0.05) is 0 Å². The summed E-state index contributed by atoms with van der Waals surface area (Å²) in [4.78, 5) is 0. The van der Waals surface area contributed by atoms with Crippen LogP contribution in [0.25, 0.3) is 0 Å². The first-order valence-electron chi connectivity index (χ1n) is 8.24. The van der Waals surface area contributed by atoms with Crippen LogP contribution >= 0.6 is 0 Å². The average molecular weight is 413 g/mol. The summed E-state index contributed by atoms with van der Waals surface area (Å²) in [5, 5.41) is 0. The summed E-state index contributed by atoms with van der Waals surface area (Å²) >= 11 is 0. The Labute approximate surface area is 161 Å². The van der Waals surface area contributed by atoms with Crippen molar-refractivity contribution >= 4 is 20.2 Å². The van der Waals surface area contributed by atoms with Crippen LogP contribution in [0.3, 0.4) is 0 Å². The van der Waals surface area contributed by atoms with Gasteiger partial charge < -0.3 is 8.37 Å². The lowest BCUT2D eigenvalue weighted by Gasteiger charge is -2.14. The van der Waals surface area contributed by atoms with Crippen LogP contribution in [0, 0.1) is 27.7 Å². The summed E-state index contributed by atoms with van der Waals surface area (Å²) in [6, 6.07) is 7.55. The van der Waals surface area contributed by atoms with Crippen LogP contribution < -0.4 is 8.37 Å². The van der Waals surface area contributed by atoms with Crippen molar-refractivity contribution in [2.24, 2.45) is 0 Å². The van der Waals surface area contributed by atoms with Crippen molar-refractivity contribution < 1.29 is 25.2 Å². The van der Waals surface area contributed by atoms with E-state index in [0.29, 0.717) is 17.9 Å². The molecular formula is C19H24O6S2. The summed E-state index contributed by atoms with van der Waals surface area (Å²) in [6.45, 7) is 7.21. The lowest BCUT2D eigenvalue weighted by Crippen LogP contribution is -2.09. The molecule has 2 aromatic rings. The van der Waals surface area contributed by atoms with E-state index in [1.807, 2.05) is 24.3 Å². The number of hydrogen-bond donors (Lipinski definition) is 0.